The van der Waals surface area contributed by atoms with Gasteiger partial charge in [0.1, 0.15) is 6.73 Å². The number of carbonyl (C=O) groups excluding carboxylic acids is 1. The Bertz CT molecular complexity index is 331. The Kier molecular flexibility index (Phi) is 5.55. The van der Waals surface area contributed by atoms with Crippen molar-refractivity contribution in [2.45, 2.75) is 0 Å². The number of piperazine rings is 1. The lowest BCUT2D eigenvalue weighted by atomic mass is 10.4. The van der Waals surface area contributed by atoms with E-state index in [0.29, 0.717) is 26.2 Å². The number of nitrogens with zero attached hydrogens (tertiary/aromatic N) is 3. The predicted octanol–water partition coefficient (Wildman–Crippen LogP) is -0.420. The van der Waals surface area contributed by atoms with E-state index in [-0.39, 0.29) is 6.73 Å². The first-order valence-electron chi connectivity index (χ1n) is 5.72. The van der Waals surface area contributed by atoms with E-state index < -0.39 is 13.8 Å². The van der Waals surface area contributed by atoms with Crippen LogP contribution in [0.3, 0.4) is 0 Å². The van der Waals surface area contributed by atoms with Crippen LogP contribution in [-0.4, -0.2) is 79.3 Å². The zero-order valence-corrected chi connectivity index (χ0v) is 11.9. The Morgan fingerprint density at radius 2 is 1.94 bits per heavy atom. The van der Waals surface area contributed by atoms with Crippen molar-refractivity contribution >= 4 is 13.8 Å². The summed E-state index contributed by atoms with van der Waals surface area (Å²) in [5.41, 5.74) is 0. The maximum Gasteiger partial charge on any atom is 0.411 e. The average molecular weight is 280 g/mol. The van der Waals surface area contributed by atoms with Crippen LogP contribution < -0.4 is 5.32 Å². The molecule has 9 heteroatoms. The lowest BCUT2D eigenvalue weighted by Crippen LogP contribution is -2.48. The number of rotatable bonds is 4. The summed E-state index contributed by atoms with van der Waals surface area (Å²) in [4.78, 5) is 22.9. The largest absolute Gasteiger partial charge is 0.433 e. The first-order valence-corrected chi connectivity index (χ1v) is 7.28. The standard InChI is InChI=1S/C9H21N4O4P/c1-10-8-17-9(14)12-4-6-13(7-5-12)18(15,16)11(2)3/h10H,4-8H2,1-3H3,(H,15,16). The van der Waals surface area contributed by atoms with Crippen LogP contribution in [0.25, 0.3) is 0 Å². The fourth-order valence-electron chi connectivity index (χ4n) is 1.62. The van der Waals surface area contributed by atoms with Crippen LogP contribution in [0.15, 0.2) is 0 Å². The highest BCUT2D eigenvalue weighted by atomic mass is 31.2. The van der Waals surface area contributed by atoms with Gasteiger partial charge < -0.3 is 14.5 Å². The summed E-state index contributed by atoms with van der Waals surface area (Å²) < 4.78 is 19.7. The minimum atomic E-state index is -3.44. The van der Waals surface area contributed by atoms with Crippen molar-refractivity contribution in [1.82, 2.24) is 19.6 Å². The minimum absolute atomic E-state index is 0.162. The summed E-state index contributed by atoms with van der Waals surface area (Å²) in [6.45, 7) is 1.67. The SMILES string of the molecule is CNCOC(=O)N1CCN(P(=O)(O)N(C)C)CC1. The van der Waals surface area contributed by atoms with Crippen molar-refractivity contribution in [3.8, 4) is 0 Å². The molecule has 1 saturated heterocycles. The summed E-state index contributed by atoms with van der Waals surface area (Å²) in [5.74, 6) is 0. The quantitative estimate of drug-likeness (QED) is 0.534. The Morgan fingerprint density at radius 1 is 1.39 bits per heavy atom. The Balaban J connectivity index is 2.46. The van der Waals surface area contributed by atoms with Crippen LogP contribution in [-0.2, 0) is 9.30 Å². The van der Waals surface area contributed by atoms with Crippen LogP contribution in [0.5, 0.6) is 0 Å². The van der Waals surface area contributed by atoms with Crippen molar-refractivity contribution in [3.63, 3.8) is 0 Å². The molecule has 0 spiro atoms. The van der Waals surface area contributed by atoms with Crippen molar-refractivity contribution in [2.75, 3.05) is 54.1 Å². The van der Waals surface area contributed by atoms with Crippen molar-refractivity contribution in [1.29, 1.82) is 0 Å². The molecule has 0 aromatic rings. The van der Waals surface area contributed by atoms with Crippen LogP contribution in [0.2, 0.25) is 0 Å². The molecule has 0 radical (unpaired) electrons. The third kappa shape index (κ3) is 3.66. The Morgan fingerprint density at radius 3 is 2.39 bits per heavy atom. The summed E-state index contributed by atoms with van der Waals surface area (Å²) >= 11 is 0. The van der Waals surface area contributed by atoms with Gasteiger partial charge in [0, 0.05) is 26.2 Å². The van der Waals surface area contributed by atoms with Gasteiger partial charge in [-0.05, 0) is 21.1 Å². The molecule has 0 aromatic carbocycles. The lowest BCUT2D eigenvalue weighted by Gasteiger charge is -2.37. The first kappa shape index (κ1) is 15.4. The maximum atomic E-state index is 12.0. The highest BCUT2D eigenvalue weighted by molar-refractivity contribution is 7.52. The molecule has 1 aliphatic heterocycles. The highest BCUT2D eigenvalue weighted by Crippen LogP contribution is 2.46. The topological polar surface area (TPSA) is 85.3 Å². The number of hydrogen-bond acceptors (Lipinski definition) is 4. The molecule has 0 saturated carbocycles. The van der Waals surface area contributed by atoms with E-state index in [1.54, 1.807) is 21.1 Å². The molecule has 0 aromatic heterocycles. The van der Waals surface area contributed by atoms with Gasteiger partial charge in [0.25, 0.3) is 0 Å². The fourth-order valence-corrected chi connectivity index (χ4v) is 2.82. The summed E-state index contributed by atoms with van der Waals surface area (Å²) in [6, 6.07) is 0. The van der Waals surface area contributed by atoms with Gasteiger partial charge in [-0.3, -0.25) is 9.88 Å². The van der Waals surface area contributed by atoms with Gasteiger partial charge >= 0.3 is 13.8 Å². The van der Waals surface area contributed by atoms with Crippen molar-refractivity contribution < 1.29 is 19.0 Å². The third-order valence-corrected chi connectivity index (χ3v) is 4.92. The zero-order valence-electron chi connectivity index (χ0n) is 11.0. The molecular weight excluding hydrogens is 259 g/mol. The van der Waals surface area contributed by atoms with Gasteiger partial charge in [-0.2, -0.15) is 0 Å². The van der Waals surface area contributed by atoms with E-state index in [0.717, 1.165) is 0 Å². The molecule has 1 aliphatic rings. The molecule has 1 amide bonds. The minimum Gasteiger partial charge on any atom is -0.433 e. The molecule has 1 fully saturated rings. The summed E-state index contributed by atoms with van der Waals surface area (Å²) in [5, 5.41) is 2.71. The van der Waals surface area contributed by atoms with Crippen LogP contribution in [0.4, 0.5) is 4.79 Å². The molecule has 1 unspecified atom stereocenters. The third-order valence-electron chi connectivity index (χ3n) is 2.74. The molecule has 1 rings (SSSR count). The second-order valence-corrected chi connectivity index (χ2v) is 6.60. The van der Waals surface area contributed by atoms with E-state index in [1.165, 1.54) is 14.2 Å². The molecule has 106 valence electrons. The molecule has 18 heavy (non-hydrogen) atoms. The second-order valence-electron chi connectivity index (χ2n) is 4.21. The fraction of sp³-hybridized carbons (Fsp3) is 0.889. The molecule has 1 atom stereocenters. The smallest absolute Gasteiger partial charge is 0.411 e. The van der Waals surface area contributed by atoms with E-state index >= 15 is 0 Å². The van der Waals surface area contributed by atoms with E-state index in [4.69, 9.17) is 4.74 Å². The Labute approximate surface area is 107 Å². The molecular formula is C9H21N4O4P. The highest BCUT2D eigenvalue weighted by Gasteiger charge is 2.34. The van der Waals surface area contributed by atoms with Crippen molar-refractivity contribution in [2.24, 2.45) is 0 Å². The summed E-state index contributed by atoms with van der Waals surface area (Å²) in [6.07, 6.45) is -0.401. The normalized spacial score (nSPS) is 20.8. The molecule has 2 N–H and O–H groups in total. The molecule has 0 bridgehead atoms. The summed E-state index contributed by atoms with van der Waals surface area (Å²) in [7, 11) is 1.37. The van der Waals surface area contributed by atoms with E-state index in [9.17, 15) is 14.3 Å². The molecule has 8 nitrogen and oxygen atoms in total. The lowest BCUT2D eigenvalue weighted by molar-refractivity contribution is 0.0821. The second kappa shape index (κ2) is 6.49. The number of hydrogen-bond donors (Lipinski definition) is 2. The van der Waals surface area contributed by atoms with Crippen LogP contribution >= 0.6 is 7.67 Å². The monoisotopic (exact) mass is 280 g/mol. The Hall–Kier alpha value is -0.660. The predicted molar refractivity (Wildman–Crippen MR) is 67.1 cm³/mol. The van der Waals surface area contributed by atoms with Gasteiger partial charge in [-0.15, -0.1) is 0 Å². The molecule has 0 aliphatic carbocycles. The number of nitrogens with one attached hydrogen (secondary N) is 1. The van der Waals surface area contributed by atoms with E-state index in [1.807, 2.05) is 0 Å². The van der Waals surface area contributed by atoms with Gasteiger partial charge in [0.05, 0.1) is 0 Å². The van der Waals surface area contributed by atoms with Crippen LogP contribution in [0.1, 0.15) is 0 Å². The van der Waals surface area contributed by atoms with Gasteiger partial charge in [0.2, 0.25) is 0 Å². The van der Waals surface area contributed by atoms with Crippen LogP contribution in [0, 0.1) is 0 Å². The zero-order chi connectivity index (χ0) is 13.8. The van der Waals surface area contributed by atoms with Gasteiger partial charge in [-0.25, -0.2) is 14.1 Å². The average Bonchev–Trinajstić information content (AvgIpc) is 2.35. The number of ether oxygens (including phenoxy) is 1. The molecule has 1 heterocycles. The van der Waals surface area contributed by atoms with E-state index in [2.05, 4.69) is 5.32 Å². The number of carbonyl (C=O) groups is 1. The first-order chi connectivity index (χ1) is 8.39. The number of amides is 1. The van der Waals surface area contributed by atoms with Crippen molar-refractivity contribution in [3.05, 3.63) is 0 Å². The maximum absolute atomic E-state index is 12.0. The van der Waals surface area contributed by atoms with Gasteiger partial charge in [-0.1, -0.05) is 0 Å². The van der Waals surface area contributed by atoms with Gasteiger partial charge in [0.15, 0.2) is 0 Å².